The number of halogens is 2. The molecular formula is C20H27Cl2N5O9P2. The fourth-order valence-electron chi connectivity index (χ4n) is 3.68. The first kappa shape index (κ1) is 30.9. The largest absolute Gasteiger partial charge is 0.385 e. The van der Waals surface area contributed by atoms with Crippen molar-refractivity contribution in [2.75, 3.05) is 22.8 Å². The number of aromatic nitrogens is 2. The molecule has 0 saturated carbocycles. The van der Waals surface area contributed by atoms with E-state index in [1.54, 1.807) is 19.1 Å². The first-order valence-corrected chi connectivity index (χ1v) is 15.2. The van der Waals surface area contributed by atoms with Crippen LogP contribution in [0.3, 0.4) is 0 Å². The Morgan fingerprint density at radius 2 is 1.92 bits per heavy atom. The highest BCUT2D eigenvalue weighted by atomic mass is 35.5. The summed E-state index contributed by atoms with van der Waals surface area (Å²) in [5, 5.41) is 30.1. The number of aliphatic hydroxyl groups is 2. The second-order valence-electron chi connectivity index (χ2n) is 8.65. The van der Waals surface area contributed by atoms with E-state index < -0.39 is 51.7 Å². The molecule has 3 rings (SSSR count). The fraction of sp³-hybridized carbons (Fsp3) is 0.450. The van der Waals surface area contributed by atoms with Gasteiger partial charge in [-0.1, -0.05) is 29.8 Å². The van der Waals surface area contributed by atoms with Crippen molar-refractivity contribution in [3.63, 3.8) is 0 Å². The van der Waals surface area contributed by atoms with Crippen molar-refractivity contribution in [2.45, 2.75) is 44.4 Å². The van der Waals surface area contributed by atoms with Gasteiger partial charge in [0.2, 0.25) is 5.28 Å². The minimum atomic E-state index is -4.87. The SMILES string of the molecule is C=NN(c1nc(Cl)nc(NCc2ccccc2Cl)c1C)[C@@H]1O[C@H](COP(=O)(O)CP(=O)(O)O)[C@@](C)(O)[C@H]1O. The van der Waals surface area contributed by atoms with E-state index in [2.05, 4.69) is 27.1 Å². The molecule has 2 heterocycles. The van der Waals surface area contributed by atoms with Crippen molar-refractivity contribution in [1.29, 1.82) is 0 Å². The Kier molecular flexibility index (Phi) is 9.61. The maximum atomic E-state index is 12.0. The van der Waals surface area contributed by atoms with Crippen LogP contribution in [0.25, 0.3) is 0 Å². The molecule has 1 aromatic heterocycles. The minimum Gasteiger partial charge on any atom is -0.385 e. The van der Waals surface area contributed by atoms with Crippen LogP contribution in [0, 0.1) is 6.92 Å². The molecule has 1 aliphatic heterocycles. The van der Waals surface area contributed by atoms with Crippen molar-refractivity contribution in [3.8, 4) is 0 Å². The number of hydrazone groups is 1. The molecule has 38 heavy (non-hydrogen) atoms. The van der Waals surface area contributed by atoms with Crippen LogP contribution in [0.15, 0.2) is 29.4 Å². The summed E-state index contributed by atoms with van der Waals surface area (Å²) in [4.78, 5) is 36.0. The van der Waals surface area contributed by atoms with Crippen LogP contribution in [0.1, 0.15) is 18.1 Å². The summed E-state index contributed by atoms with van der Waals surface area (Å²) in [5.74, 6) is -1.05. The number of hydrogen-bond donors (Lipinski definition) is 6. The lowest BCUT2D eigenvalue weighted by Gasteiger charge is -2.29. The zero-order valence-corrected chi connectivity index (χ0v) is 23.5. The lowest BCUT2D eigenvalue weighted by molar-refractivity contribution is -0.0766. The molecule has 1 fully saturated rings. The maximum Gasteiger partial charge on any atom is 0.340 e. The minimum absolute atomic E-state index is 0.0670. The zero-order chi connectivity index (χ0) is 28.5. The molecule has 0 aliphatic carbocycles. The number of ether oxygens (including phenoxy) is 1. The van der Waals surface area contributed by atoms with Gasteiger partial charge in [0.25, 0.3) is 0 Å². The molecule has 0 spiro atoms. The van der Waals surface area contributed by atoms with Gasteiger partial charge in [-0.2, -0.15) is 10.1 Å². The molecule has 6 N–H and O–H groups in total. The Hall–Kier alpha value is -1.67. The Labute approximate surface area is 227 Å². The molecule has 0 radical (unpaired) electrons. The first-order valence-electron chi connectivity index (χ1n) is 10.9. The molecule has 14 nitrogen and oxygen atoms in total. The van der Waals surface area contributed by atoms with Crippen molar-refractivity contribution in [1.82, 2.24) is 9.97 Å². The van der Waals surface area contributed by atoms with E-state index in [-0.39, 0.29) is 11.1 Å². The zero-order valence-electron chi connectivity index (χ0n) is 20.2. The number of nitrogens with one attached hydrogen (secondary N) is 1. The summed E-state index contributed by atoms with van der Waals surface area (Å²) in [6, 6.07) is 7.18. The average molecular weight is 614 g/mol. The predicted molar refractivity (Wildman–Crippen MR) is 141 cm³/mol. The normalized spacial score (nSPS) is 25.1. The standard InChI is InChI=1S/C20H27Cl2N5O9P2/c1-11-16(24-8-12-6-4-5-7-13(12)21)25-19(22)26-17(11)27(23-3)18-15(28)20(2,29)14(36-18)9-35-38(33,34)10-37(30,31)32/h4-7,14-15,18,28-29H,3,8-10H2,1-2H3,(H,33,34)(H,24,25,26)(H2,30,31,32)/t14-,15+,18-,20-/m1/s1. The number of rotatable bonds is 11. The van der Waals surface area contributed by atoms with Crippen LogP contribution in [0.4, 0.5) is 11.6 Å². The van der Waals surface area contributed by atoms with Crippen LogP contribution in [0.5, 0.6) is 0 Å². The van der Waals surface area contributed by atoms with Crippen LogP contribution < -0.4 is 10.3 Å². The second kappa shape index (κ2) is 11.8. The van der Waals surface area contributed by atoms with Gasteiger partial charge in [-0.3, -0.25) is 9.13 Å². The summed E-state index contributed by atoms with van der Waals surface area (Å²) in [5.41, 5.74) is -0.839. The van der Waals surface area contributed by atoms with E-state index in [1.165, 1.54) is 6.92 Å². The van der Waals surface area contributed by atoms with E-state index in [9.17, 15) is 24.2 Å². The molecule has 0 bridgehead atoms. The summed E-state index contributed by atoms with van der Waals surface area (Å²) < 4.78 is 33.6. The number of aliphatic hydroxyl groups excluding tert-OH is 1. The smallest absolute Gasteiger partial charge is 0.340 e. The second-order valence-corrected chi connectivity index (χ2v) is 13.4. The Morgan fingerprint density at radius 3 is 2.53 bits per heavy atom. The number of nitrogens with zero attached hydrogens (tertiary/aromatic N) is 4. The van der Waals surface area contributed by atoms with Gasteiger partial charge in [-0.15, -0.1) is 0 Å². The first-order chi connectivity index (χ1) is 17.6. The topological polar surface area (TPSA) is 207 Å². The van der Waals surface area contributed by atoms with Crippen molar-refractivity contribution in [3.05, 3.63) is 45.7 Å². The van der Waals surface area contributed by atoms with Gasteiger partial charge in [0.05, 0.1) is 6.61 Å². The summed E-state index contributed by atoms with van der Waals surface area (Å²) in [7, 11) is -9.62. The molecule has 1 unspecified atom stereocenters. The number of hydrogen-bond acceptors (Lipinski definition) is 11. The molecule has 0 amide bonds. The molecular weight excluding hydrogens is 587 g/mol. The van der Waals surface area contributed by atoms with Crippen LogP contribution in [0.2, 0.25) is 10.3 Å². The molecule has 5 atom stereocenters. The summed E-state index contributed by atoms with van der Waals surface area (Å²) in [6.07, 6.45) is -4.51. The van der Waals surface area contributed by atoms with Gasteiger partial charge < -0.3 is 39.5 Å². The third-order valence-electron chi connectivity index (χ3n) is 5.72. The van der Waals surface area contributed by atoms with E-state index in [0.717, 1.165) is 10.6 Å². The van der Waals surface area contributed by atoms with Crippen LogP contribution in [-0.4, -0.2) is 78.1 Å². The van der Waals surface area contributed by atoms with Gasteiger partial charge in [0, 0.05) is 23.8 Å². The lowest BCUT2D eigenvalue weighted by Crippen LogP contribution is -2.49. The van der Waals surface area contributed by atoms with Gasteiger partial charge in [0.1, 0.15) is 23.6 Å². The van der Waals surface area contributed by atoms with Crippen molar-refractivity contribution >= 4 is 56.7 Å². The van der Waals surface area contributed by atoms with Gasteiger partial charge in [-0.25, -0.2) is 9.99 Å². The fourth-order valence-corrected chi connectivity index (χ4v) is 6.60. The van der Waals surface area contributed by atoms with Gasteiger partial charge in [0.15, 0.2) is 17.9 Å². The molecule has 1 saturated heterocycles. The number of anilines is 2. The summed E-state index contributed by atoms with van der Waals surface area (Å²) >= 11 is 12.4. The molecule has 18 heteroatoms. The third kappa shape index (κ3) is 7.29. The van der Waals surface area contributed by atoms with Crippen molar-refractivity contribution < 1.29 is 43.3 Å². The van der Waals surface area contributed by atoms with Crippen LogP contribution in [-0.2, 0) is 24.9 Å². The maximum absolute atomic E-state index is 12.0. The highest BCUT2D eigenvalue weighted by Crippen LogP contribution is 2.55. The van der Waals surface area contributed by atoms with Gasteiger partial charge >= 0.3 is 15.2 Å². The quantitative estimate of drug-likeness (QED) is 0.0931. The van der Waals surface area contributed by atoms with E-state index in [1.807, 2.05) is 12.1 Å². The molecule has 1 aliphatic rings. The summed E-state index contributed by atoms with van der Waals surface area (Å²) in [6.45, 7) is 5.82. The van der Waals surface area contributed by atoms with E-state index in [4.69, 9.17) is 42.2 Å². The van der Waals surface area contributed by atoms with E-state index >= 15 is 0 Å². The Balaban J connectivity index is 1.84. The predicted octanol–water partition coefficient (Wildman–Crippen LogP) is 2.30. The lowest BCUT2D eigenvalue weighted by atomic mass is 9.95. The van der Waals surface area contributed by atoms with Gasteiger partial charge in [-0.05, 0) is 37.1 Å². The highest BCUT2D eigenvalue weighted by Gasteiger charge is 2.55. The molecule has 210 valence electrons. The molecule has 2 aromatic rings. The number of benzene rings is 1. The third-order valence-corrected chi connectivity index (χ3v) is 9.72. The monoisotopic (exact) mass is 613 g/mol. The highest BCUT2D eigenvalue weighted by molar-refractivity contribution is 7.70. The Bertz CT molecular complexity index is 1280. The van der Waals surface area contributed by atoms with Crippen molar-refractivity contribution in [2.24, 2.45) is 5.10 Å². The average Bonchev–Trinajstić information content (AvgIpc) is 3.02. The van der Waals surface area contributed by atoms with E-state index in [0.29, 0.717) is 22.9 Å². The Morgan fingerprint density at radius 1 is 1.26 bits per heavy atom. The molecule has 1 aromatic carbocycles. The van der Waals surface area contributed by atoms with Crippen LogP contribution >= 0.6 is 38.4 Å².